The smallest absolute Gasteiger partial charge is 0.308 e. The summed E-state index contributed by atoms with van der Waals surface area (Å²) in [6, 6.07) is 5.84. The zero-order valence-electron chi connectivity index (χ0n) is 11.5. The molecule has 1 aromatic rings. The molecule has 3 rings (SSSR count). The van der Waals surface area contributed by atoms with Crippen LogP contribution >= 0.6 is 0 Å². The van der Waals surface area contributed by atoms with Gasteiger partial charge in [0.1, 0.15) is 0 Å². The molecular formula is C15H19NO4. The molecule has 2 bridgehead atoms. The van der Waals surface area contributed by atoms with Crippen molar-refractivity contribution in [3.63, 3.8) is 0 Å². The van der Waals surface area contributed by atoms with Gasteiger partial charge in [-0.2, -0.15) is 0 Å². The van der Waals surface area contributed by atoms with Gasteiger partial charge in [-0.1, -0.05) is 6.07 Å². The fourth-order valence-electron chi connectivity index (χ4n) is 3.64. The summed E-state index contributed by atoms with van der Waals surface area (Å²) in [5.74, 6) is -0.314. The zero-order chi connectivity index (χ0) is 14.3. The number of aromatic hydroxyl groups is 1. The van der Waals surface area contributed by atoms with Crippen molar-refractivity contribution in [1.29, 1.82) is 0 Å². The number of aliphatic carboxylic acids is 1. The van der Waals surface area contributed by atoms with E-state index >= 15 is 0 Å². The van der Waals surface area contributed by atoms with Crippen molar-refractivity contribution >= 4 is 5.97 Å². The van der Waals surface area contributed by atoms with Crippen LogP contribution in [0.15, 0.2) is 18.2 Å². The number of carboxylic acids is 1. The molecule has 0 saturated carbocycles. The first kappa shape index (κ1) is 13.2. The Morgan fingerprint density at radius 1 is 1.45 bits per heavy atom. The number of rotatable bonds is 4. The molecule has 2 saturated heterocycles. The van der Waals surface area contributed by atoms with E-state index in [0.717, 1.165) is 31.4 Å². The second-order valence-corrected chi connectivity index (χ2v) is 5.66. The van der Waals surface area contributed by atoms with Gasteiger partial charge in [0.15, 0.2) is 11.5 Å². The van der Waals surface area contributed by atoms with Crippen LogP contribution in [-0.4, -0.2) is 40.3 Å². The van der Waals surface area contributed by atoms with Gasteiger partial charge in [0.25, 0.3) is 0 Å². The molecule has 0 amide bonds. The maximum atomic E-state index is 11.3. The number of hydrogen-bond acceptors (Lipinski definition) is 4. The molecule has 2 heterocycles. The molecular weight excluding hydrogens is 258 g/mol. The second kappa shape index (κ2) is 4.98. The molecule has 2 N–H and O–H groups in total. The summed E-state index contributed by atoms with van der Waals surface area (Å²) in [7, 11) is 1.53. The van der Waals surface area contributed by atoms with Gasteiger partial charge < -0.3 is 14.9 Å². The molecule has 20 heavy (non-hydrogen) atoms. The van der Waals surface area contributed by atoms with Crippen molar-refractivity contribution in [2.75, 3.05) is 7.11 Å². The molecule has 2 aliphatic rings. The first-order chi connectivity index (χ1) is 9.60. The van der Waals surface area contributed by atoms with E-state index in [-0.39, 0.29) is 17.7 Å². The predicted molar refractivity (Wildman–Crippen MR) is 72.8 cm³/mol. The van der Waals surface area contributed by atoms with E-state index in [9.17, 15) is 15.0 Å². The minimum absolute atomic E-state index is 0.129. The Bertz CT molecular complexity index is 531. The lowest BCUT2D eigenvalue weighted by Crippen LogP contribution is -2.32. The maximum Gasteiger partial charge on any atom is 0.308 e. The lowest BCUT2D eigenvalue weighted by molar-refractivity contribution is -0.142. The van der Waals surface area contributed by atoms with Crippen LogP contribution in [0, 0.1) is 5.92 Å². The van der Waals surface area contributed by atoms with Gasteiger partial charge in [0.2, 0.25) is 0 Å². The largest absolute Gasteiger partial charge is 0.504 e. The Morgan fingerprint density at radius 2 is 2.25 bits per heavy atom. The third-order valence-electron chi connectivity index (χ3n) is 4.61. The molecule has 3 atom stereocenters. The van der Waals surface area contributed by atoms with Gasteiger partial charge in [-0.15, -0.1) is 0 Å². The average Bonchev–Trinajstić information content (AvgIpc) is 2.98. The quantitative estimate of drug-likeness (QED) is 0.878. The average molecular weight is 277 g/mol. The Hall–Kier alpha value is -1.75. The summed E-state index contributed by atoms with van der Waals surface area (Å²) in [4.78, 5) is 13.6. The van der Waals surface area contributed by atoms with Crippen LogP contribution in [0.5, 0.6) is 11.5 Å². The number of benzene rings is 1. The molecule has 0 spiro atoms. The van der Waals surface area contributed by atoms with Crippen LogP contribution in [0.2, 0.25) is 0 Å². The molecule has 2 fully saturated rings. The van der Waals surface area contributed by atoms with Crippen LogP contribution in [0.4, 0.5) is 0 Å². The van der Waals surface area contributed by atoms with Crippen LogP contribution in [-0.2, 0) is 11.3 Å². The Morgan fingerprint density at radius 3 is 2.90 bits per heavy atom. The standard InChI is InChI=1S/C15H19NO4/c1-20-14-6-9(2-5-13(14)17)8-16-10-3-4-12(16)11(7-10)15(18)19/h2,5-6,10-12,17H,3-4,7-8H2,1H3,(H,18,19). The Labute approximate surface area is 117 Å². The highest BCUT2D eigenvalue weighted by atomic mass is 16.5. The van der Waals surface area contributed by atoms with E-state index in [1.54, 1.807) is 6.07 Å². The minimum atomic E-state index is -0.675. The monoisotopic (exact) mass is 277 g/mol. The summed E-state index contributed by atoms with van der Waals surface area (Å²) in [6.45, 7) is 0.718. The summed E-state index contributed by atoms with van der Waals surface area (Å²) in [5, 5.41) is 18.9. The molecule has 0 aromatic heterocycles. The van der Waals surface area contributed by atoms with Crippen molar-refractivity contribution in [3.8, 4) is 11.5 Å². The third kappa shape index (κ3) is 2.12. The Balaban J connectivity index is 1.77. The maximum absolute atomic E-state index is 11.3. The van der Waals surface area contributed by atoms with Crippen LogP contribution in [0.25, 0.3) is 0 Å². The van der Waals surface area contributed by atoms with E-state index in [1.165, 1.54) is 7.11 Å². The molecule has 5 heteroatoms. The van der Waals surface area contributed by atoms with Crippen LogP contribution in [0.3, 0.4) is 0 Å². The van der Waals surface area contributed by atoms with Gasteiger partial charge in [-0.3, -0.25) is 9.69 Å². The summed E-state index contributed by atoms with van der Waals surface area (Å²) in [6.07, 6.45) is 2.82. The van der Waals surface area contributed by atoms with E-state index in [1.807, 2.05) is 12.1 Å². The number of methoxy groups -OCH3 is 1. The second-order valence-electron chi connectivity index (χ2n) is 5.66. The van der Waals surface area contributed by atoms with Gasteiger partial charge in [0.05, 0.1) is 13.0 Å². The molecule has 2 aliphatic heterocycles. The van der Waals surface area contributed by atoms with Crippen molar-refractivity contribution in [2.24, 2.45) is 5.92 Å². The first-order valence-electron chi connectivity index (χ1n) is 6.94. The summed E-state index contributed by atoms with van der Waals surface area (Å²) in [5.41, 5.74) is 1.04. The minimum Gasteiger partial charge on any atom is -0.504 e. The number of carboxylic acid groups (broad SMARTS) is 1. The van der Waals surface area contributed by atoms with Crippen molar-refractivity contribution < 1.29 is 19.7 Å². The molecule has 1 aromatic carbocycles. The Kier molecular flexibility index (Phi) is 3.30. The SMILES string of the molecule is COc1cc(CN2C3CCC2C(C(=O)O)C3)ccc1O. The number of nitrogens with zero attached hydrogens (tertiary/aromatic N) is 1. The van der Waals surface area contributed by atoms with Crippen molar-refractivity contribution in [1.82, 2.24) is 4.90 Å². The highest BCUT2D eigenvalue weighted by Gasteiger charge is 2.48. The molecule has 3 unspecified atom stereocenters. The lowest BCUT2D eigenvalue weighted by Gasteiger charge is -2.23. The number of fused-ring (bicyclic) bond motifs is 2. The van der Waals surface area contributed by atoms with Gasteiger partial charge in [0, 0.05) is 18.6 Å². The third-order valence-corrected chi connectivity index (χ3v) is 4.61. The number of hydrogen-bond donors (Lipinski definition) is 2. The fourth-order valence-corrected chi connectivity index (χ4v) is 3.64. The number of carbonyl (C=O) groups is 1. The predicted octanol–water partition coefficient (Wildman–Crippen LogP) is 1.84. The van der Waals surface area contributed by atoms with Crippen LogP contribution in [0.1, 0.15) is 24.8 Å². The normalized spacial score (nSPS) is 28.8. The van der Waals surface area contributed by atoms with Crippen molar-refractivity contribution in [3.05, 3.63) is 23.8 Å². The topological polar surface area (TPSA) is 70.0 Å². The van der Waals surface area contributed by atoms with Crippen molar-refractivity contribution in [2.45, 2.75) is 37.9 Å². The first-order valence-corrected chi connectivity index (χ1v) is 6.94. The lowest BCUT2D eigenvalue weighted by atomic mass is 9.89. The molecule has 0 radical (unpaired) electrons. The van der Waals surface area contributed by atoms with Gasteiger partial charge in [-0.25, -0.2) is 0 Å². The number of phenolic OH excluding ortho intramolecular Hbond substituents is 1. The highest BCUT2D eigenvalue weighted by molar-refractivity contribution is 5.71. The van der Waals surface area contributed by atoms with Gasteiger partial charge in [-0.05, 0) is 37.0 Å². The summed E-state index contributed by atoms with van der Waals surface area (Å²) < 4.78 is 5.12. The fraction of sp³-hybridized carbons (Fsp3) is 0.533. The van der Waals surface area contributed by atoms with E-state index in [4.69, 9.17) is 4.74 Å². The number of ether oxygens (including phenoxy) is 1. The zero-order valence-corrected chi connectivity index (χ0v) is 11.5. The molecule has 108 valence electrons. The van der Waals surface area contributed by atoms with Gasteiger partial charge >= 0.3 is 5.97 Å². The van der Waals surface area contributed by atoms with Crippen LogP contribution < -0.4 is 4.74 Å². The summed E-state index contributed by atoms with van der Waals surface area (Å²) >= 11 is 0. The number of phenols is 1. The van der Waals surface area contributed by atoms with E-state index < -0.39 is 5.97 Å². The molecule has 5 nitrogen and oxygen atoms in total. The van der Waals surface area contributed by atoms with E-state index in [2.05, 4.69) is 4.90 Å². The van der Waals surface area contributed by atoms with E-state index in [0.29, 0.717) is 11.8 Å². The molecule has 0 aliphatic carbocycles. The highest BCUT2D eigenvalue weighted by Crippen LogP contribution is 2.43.